The second kappa shape index (κ2) is 5.91. The van der Waals surface area contributed by atoms with Crippen LogP contribution < -0.4 is 0 Å². The van der Waals surface area contributed by atoms with Gasteiger partial charge in [0.25, 0.3) is 11.1 Å². The Morgan fingerprint density at radius 1 is 1.14 bits per heavy atom. The Morgan fingerprint density at radius 3 is 2.57 bits per heavy atom. The van der Waals surface area contributed by atoms with Gasteiger partial charge in [-0.15, -0.1) is 0 Å². The largest absolute Gasteiger partial charge is 0.450 e. The minimum atomic E-state index is -0.290. The van der Waals surface area contributed by atoms with E-state index in [1.165, 1.54) is 4.90 Å². The molecule has 106 valence electrons. The molecular formula is C15H10BrNO3S. The van der Waals surface area contributed by atoms with E-state index < -0.39 is 0 Å². The van der Waals surface area contributed by atoms with Gasteiger partial charge in [-0.2, -0.15) is 0 Å². The van der Waals surface area contributed by atoms with Gasteiger partial charge in [0.15, 0.2) is 4.67 Å². The SMILES string of the molecule is O=C1S/C(=C\c2ccc(Br)o2)C(=O)N1Cc1ccccc1. The van der Waals surface area contributed by atoms with E-state index in [1.54, 1.807) is 18.2 Å². The van der Waals surface area contributed by atoms with Crippen LogP contribution >= 0.6 is 27.7 Å². The van der Waals surface area contributed by atoms with E-state index in [0.29, 0.717) is 15.3 Å². The minimum Gasteiger partial charge on any atom is -0.450 e. The number of hydrogen-bond acceptors (Lipinski definition) is 4. The number of furan rings is 1. The van der Waals surface area contributed by atoms with E-state index in [-0.39, 0.29) is 17.7 Å². The van der Waals surface area contributed by atoms with E-state index in [1.807, 2.05) is 30.3 Å². The zero-order valence-electron chi connectivity index (χ0n) is 10.8. The summed E-state index contributed by atoms with van der Waals surface area (Å²) in [6.45, 7) is 0.282. The van der Waals surface area contributed by atoms with Gasteiger partial charge < -0.3 is 4.42 Å². The molecule has 2 heterocycles. The predicted octanol–water partition coefficient (Wildman–Crippen LogP) is 4.28. The lowest BCUT2D eigenvalue weighted by Gasteiger charge is -2.11. The first-order chi connectivity index (χ1) is 10.1. The number of amides is 2. The summed E-state index contributed by atoms with van der Waals surface area (Å²) in [6.07, 6.45) is 1.58. The molecule has 6 heteroatoms. The van der Waals surface area contributed by atoms with Crippen LogP contribution in [0.3, 0.4) is 0 Å². The van der Waals surface area contributed by atoms with Gasteiger partial charge in [0.05, 0.1) is 11.4 Å². The topological polar surface area (TPSA) is 50.5 Å². The average Bonchev–Trinajstić information content (AvgIpc) is 2.99. The summed E-state index contributed by atoms with van der Waals surface area (Å²) in [4.78, 5) is 25.9. The summed E-state index contributed by atoms with van der Waals surface area (Å²) < 4.78 is 5.91. The van der Waals surface area contributed by atoms with Crippen LogP contribution in [0, 0.1) is 0 Å². The highest BCUT2D eigenvalue weighted by atomic mass is 79.9. The number of halogens is 1. The number of rotatable bonds is 3. The number of thioether (sulfide) groups is 1. The molecule has 1 fully saturated rings. The van der Waals surface area contributed by atoms with Crippen LogP contribution in [0.4, 0.5) is 4.79 Å². The fourth-order valence-corrected chi connectivity index (χ4v) is 3.07. The molecule has 1 aliphatic rings. The highest BCUT2D eigenvalue weighted by molar-refractivity contribution is 9.10. The van der Waals surface area contributed by atoms with Gasteiger partial charge in [-0.25, -0.2) is 0 Å². The third kappa shape index (κ3) is 3.11. The minimum absolute atomic E-state index is 0.263. The Hall–Kier alpha value is -1.79. The second-order valence-corrected chi connectivity index (χ2v) is 6.17. The molecule has 1 aliphatic heterocycles. The highest BCUT2D eigenvalue weighted by Gasteiger charge is 2.35. The van der Waals surface area contributed by atoms with Gasteiger partial charge in [0, 0.05) is 6.08 Å². The van der Waals surface area contributed by atoms with Crippen molar-refractivity contribution < 1.29 is 14.0 Å². The van der Waals surface area contributed by atoms with E-state index in [2.05, 4.69) is 15.9 Å². The molecule has 0 radical (unpaired) electrons. The zero-order chi connectivity index (χ0) is 14.8. The molecule has 0 bridgehead atoms. The van der Waals surface area contributed by atoms with Crippen LogP contribution in [-0.2, 0) is 11.3 Å². The third-order valence-electron chi connectivity index (χ3n) is 2.92. The maximum absolute atomic E-state index is 12.3. The van der Waals surface area contributed by atoms with E-state index in [0.717, 1.165) is 17.3 Å². The number of carbonyl (C=O) groups excluding carboxylic acids is 2. The number of benzene rings is 1. The Balaban J connectivity index is 1.81. The van der Waals surface area contributed by atoms with Crippen molar-refractivity contribution in [1.29, 1.82) is 0 Å². The van der Waals surface area contributed by atoms with Crippen molar-refractivity contribution in [1.82, 2.24) is 4.90 Å². The molecule has 2 amide bonds. The third-order valence-corrected chi connectivity index (χ3v) is 4.26. The first-order valence-electron chi connectivity index (χ1n) is 6.18. The molecule has 4 nitrogen and oxygen atoms in total. The molecule has 2 aromatic rings. The molecule has 3 rings (SSSR count). The number of carbonyl (C=O) groups is 2. The predicted molar refractivity (Wildman–Crippen MR) is 84.4 cm³/mol. The standard InChI is InChI=1S/C15H10BrNO3S/c16-13-7-6-11(20-13)8-12-14(18)17(15(19)21-12)9-10-4-2-1-3-5-10/h1-8H,9H2/b12-8-. The van der Waals surface area contributed by atoms with Crippen LogP contribution in [0.25, 0.3) is 6.08 Å². The lowest BCUT2D eigenvalue weighted by atomic mass is 10.2. The van der Waals surface area contributed by atoms with E-state index >= 15 is 0 Å². The molecule has 0 atom stereocenters. The van der Waals surface area contributed by atoms with Crippen molar-refractivity contribution in [2.75, 3.05) is 0 Å². The molecule has 0 spiro atoms. The molecule has 0 unspecified atom stereocenters. The molecule has 0 N–H and O–H groups in total. The van der Waals surface area contributed by atoms with Crippen LogP contribution in [-0.4, -0.2) is 16.0 Å². The lowest BCUT2D eigenvalue weighted by Crippen LogP contribution is -2.27. The summed E-state index contributed by atoms with van der Waals surface area (Å²) in [5.74, 6) is 0.244. The number of nitrogens with zero attached hydrogens (tertiary/aromatic N) is 1. The van der Waals surface area contributed by atoms with Crippen molar-refractivity contribution in [3.63, 3.8) is 0 Å². The quantitative estimate of drug-likeness (QED) is 0.763. The summed E-state index contributed by atoms with van der Waals surface area (Å²) in [5.41, 5.74) is 0.918. The van der Waals surface area contributed by atoms with Gasteiger partial charge in [-0.05, 0) is 45.4 Å². The molecule has 0 aliphatic carbocycles. The van der Waals surface area contributed by atoms with Crippen molar-refractivity contribution in [2.45, 2.75) is 6.54 Å². The van der Waals surface area contributed by atoms with Crippen molar-refractivity contribution in [2.24, 2.45) is 0 Å². The summed E-state index contributed by atoms with van der Waals surface area (Å²) in [6, 6.07) is 12.9. The maximum Gasteiger partial charge on any atom is 0.293 e. The number of imide groups is 1. The zero-order valence-corrected chi connectivity index (χ0v) is 13.2. The van der Waals surface area contributed by atoms with E-state index in [9.17, 15) is 9.59 Å². The Bertz CT molecular complexity index is 724. The monoisotopic (exact) mass is 363 g/mol. The van der Waals surface area contributed by atoms with Crippen molar-refractivity contribution in [3.8, 4) is 0 Å². The average molecular weight is 364 g/mol. The Kier molecular flexibility index (Phi) is 3.98. The van der Waals surface area contributed by atoms with E-state index in [4.69, 9.17) is 4.42 Å². The molecule has 1 saturated heterocycles. The van der Waals surface area contributed by atoms with Crippen molar-refractivity contribution in [3.05, 3.63) is 63.4 Å². The molecule has 21 heavy (non-hydrogen) atoms. The highest BCUT2D eigenvalue weighted by Crippen LogP contribution is 2.33. The molecular weight excluding hydrogens is 354 g/mol. The molecule has 1 aromatic heterocycles. The smallest absolute Gasteiger partial charge is 0.293 e. The molecule has 0 saturated carbocycles. The van der Waals surface area contributed by atoms with Crippen LogP contribution in [0.1, 0.15) is 11.3 Å². The summed E-state index contributed by atoms with van der Waals surface area (Å²) in [5, 5.41) is -0.263. The van der Waals surface area contributed by atoms with Gasteiger partial charge in [0.1, 0.15) is 5.76 Å². The Labute approximate surface area is 133 Å². The summed E-state index contributed by atoms with van der Waals surface area (Å²) in [7, 11) is 0. The molecule has 1 aromatic carbocycles. The lowest BCUT2D eigenvalue weighted by molar-refractivity contribution is -0.123. The number of hydrogen-bond donors (Lipinski definition) is 0. The first kappa shape index (κ1) is 14.2. The van der Waals surface area contributed by atoms with Crippen LogP contribution in [0.15, 0.2) is 56.5 Å². The first-order valence-corrected chi connectivity index (χ1v) is 7.79. The van der Waals surface area contributed by atoms with Gasteiger partial charge >= 0.3 is 0 Å². The van der Waals surface area contributed by atoms with Gasteiger partial charge in [-0.3, -0.25) is 14.5 Å². The normalized spacial score (nSPS) is 17.0. The van der Waals surface area contributed by atoms with Crippen LogP contribution in [0.2, 0.25) is 0 Å². The maximum atomic E-state index is 12.3. The Morgan fingerprint density at radius 2 is 1.90 bits per heavy atom. The summed E-state index contributed by atoms with van der Waals surface area (Å²) >= 11 is 4.13. The van der Waals surface area contributed by atoms with Gasteiger partial charge in [0.2, 0.25) is 0 Å². The van der Waals surface area contributed by atoms with Crippen molar-refractivity contribution >= 4 is 44.9 Å². The van der Waals surface area contributed by atoms with Gasteiger partial charge in [-0.1, -0.05) is 30.3 Å². The van der Waals surface area contributed by atoms with Crippen LogP contribution in [0.5, 0.6) is 0 Å². The fraction of sp³-hybridized carbons (Fsp3) is 0.0667. The fourth-order valence-electron chi connectivity index (χ4n) is 1.94. The second-order valence-electron chi connectivity index (χ2n) is 4.40.